The summed E-state index contributed by atoms with van der Waals surface area (Å²) in [6.07, 6.45) is 6.14. The molecule has 4 heterocycles. The fraction of sp³-hybridized carbons (Fsp3) is 0.143. The number of hydrogen-bond donors (Lipinski definition) is 1. The summed E-state index contributed by atoms with van der Waals surface area (Å²) in [4.78, 5) is 41.5. The molecule has 0 bridgehead atoms. The minimum Gasteiger partial charge on any atom is -0.457 e. The van der Waals surface area contributed by atoms with E-state index in [0.717, 1.165) is 6.29 Å². The number of terminal acetylenes is 1. The third-order valence-electron chi connectivity index (χ3n) is 5.36. The Kier molecular flexibility index (Phi) is 3.15. The summed E-state index contributed by atoms with van der Waals surface area (Å²) in [5.41, 5.74) is -0.0936. The number of cyclic esters (lactones) is 1. The van der Waals surface area contributed by atoms with Crippen molar-refractivity contribution in [2.24, 2.45) is 0 Å². The first-order valence-electron chi connectivity index (χ1n) is 8.51. The Morgan fingerprint density at radius 1 is 1.29 bits per heavy atom. The summed E-state index contributed by atoms with van der Waals surface area (Å²) < 4.78 is 6.38. The van der Waals surface area contributed by atoms with Crippen LogP contribution >= 0.6 is 0 Å². The van der Waals surface area contributed by atoms with Crippen LogP contribution in [0.2, 0.25) is 0 Å². The molecule has 0 amide bonds. The largest absolute Gasteiger partial charge is 0.457 e. The molecular formula is C21H12N2O5. The highest BCUT2D eigenvalue weighted by molar-refractivity contribution is 6.00. The molecule has 0 saturated heterocycles. The second-order valence-electron chi connectivity index (χ2n) is 6.73. The standard InChI is InChI=1S/C21H12N2O5/c1-2-21(27)15-7-17-18-12(8-23(17)19(25)14(15)10-28-20(21)26)13(9-24)11-5-3-4-6-16(11)22-18/h1,3-7,9,27H,8,10H2/t21-/m0/s1. The predicted octanol–water partition coefficient (Wildman–Crippen LogP) is 1.12. The number of aliphatic hydroxyl groups is 1. The van der Waals surface area contributed by atoms with Crippen LogP contribution in [0.3, 0.4) is 0 Å². The second kappa shape index (κ2) is 5.38. The van der Waals surface area contributed by atoms with E-state index in [0.29, 0.717) is 33.4 Å². The molecule has 5 rings (SSSR count). The van der Waals surface area contributed by atoms with Crippen molar-refractivity contribution in [1.82, 2.24) is 9.55 Å². The van der Waals surface area contributed by atoms with Gasteiger partial charge >= 0.3 is 5.97 Å². The average molecular weight is 372 g/mol. The molecule has 0 unspecified atom stereocenters. The summed E-state index contributed by atoms with van der Waals surface area (Å²) in [5.74, 6) is 1.04. The molecule has 28 heavy (non-hydrogen) atoms. The summed E-state index contributed by atoms with van der Waals surface area (Å²) >= 11 is 0. The molecule has 2 aliphatic heterocycles. The number of nitrogens with zero attached hydrogens (tertiary/aromatic N) is 2. The van der Waals surface area contributed by atoms with Gasteiger partial charge in [-0.3, -0.25) is 9.59 Å². The molecule has 7 nitrogen and oxygen atoms in total. The number of pyridine rings is 2. The zero-order chi connectivity index (χ0) is 19.6. The van der Waals surface area contributed by atoms with Gasteiger partial charge in [-0.15, -0.1) is 6.42 Å². The highest BCUT2D eigenvalue weighted by Crippen LogP contribution is 2.38. The zero-order valence-corrected chi connectivity index (χ0v) is 14.4. The molecule has 136 valence electrons. The molecule has 1 atom stereocenters. The number of para-hydroxylation sites is 1. The minimum atomic E-state index is -2.34. The maximum Gasteiger partial charge on any atom is 0.356 e. The first kappa shape index (κ1) is 16.4. The molecule has 1 N–H and O–H groups in total. The van der Waals surface area contributed by atoms with Crippen LogP contribution in [0.15, 0.2) is 35.1 Å². The van der Waals surface area contributed by atoms with Gasteiger partial charge in [0.25, 0.3) is 11.2 Å². The van der Waals surface area contributed by atoms with E-state index in [9.17, 15) is 19.5 Å². The van der Waals surface area contributed by atoms with Crippen molar-refractivity contribution in [2.45, 2.75) is 18.8 Å². The third kappa shape index (κ3) is 1.87. The fourth-order valence-electron chi connectivity index (χ4n) is 3.94. The number of fused-ring (bicyclic) bond motifs is 5. The van der Waals surface area contributed by atoms with Gasteiger partial charge in [0.2, 0.25) is 0 Å². The van der Waals surface area contributed by atoms with Gasteiger partial charge in [0, 0.05) is 22.1 Å². The topological polar surface area (TPSA) is 98.5 Å². The molecule has 3 aromatic rings. The maximum atomic E-state index is 13.1. The lowest BCUT2D eigenvalue weighted by Gasteiger charge is -2.28. The Bertz CT molecular complexity index is 1330. The minimum absolute atomic E-state index is 0.0259. The lowest BCUT2D eigenvalue weighted by molar-refractivity contribution is -0.164. The van der Waals surface area contributed by atoms with E-state index in [1.165, 1.54) is 10.6 Å². The van der Waals surface area contributed by atoms with E-state index in [1.807, 2.05) is 12.0 Å². The van der Waals surface area contributed by atoms with Crippen LogP contribution in [0.5, 0.6) is 0 Å². The van der Waals surface area contributed by atoms with Gasteiger partial charge in [-0.25, -0.2) is 9.78 Å². The second-order valence-corrected chi connectivity index (χ2v) is 6.73. The molecule has 0 spiro atoms. The molecule has 0 fully saturated rings. The van der Waals surface area contributed by atoms with E-state index in [-0.39, 0.29) is 24.3 Å². The third-order valence-corrected chi connectivity index (χ3v) is 5.36. The highest BCUT2D eigenvalue weighted by atomic mass is 16.6. The number of carbonyl (C=O) groups is 2. The molecule has 0 saturated carbocycles. The van der Waals surface area contributed by atoms with E-state index in [4.69, 9.17) is 11.2 Å². The molecule has 2 aromatic heterocycles. The highest BCUT2D eigenvalue weighted by Gasteiger charge is 2.45. The van der Waals surface area contributed by atoms with Crippen molar-refractivity contribution in [3.63, 3.8) is 0 Å². The number of rotatable bonds is 1. The van der Waals surface area contributed by atoms with E-state index >= 15 is 0 Å². The summed E-state index contributed by atoms with van der Waals surface area (Å²) in [6, 6.07) is 8.69. The number of hydrogen-bond acceptors (Lipinski definition) is 6. The number of ether oxygens (including phenoxy) is 1. The first-order chi connectivity index (χ1) is 13.5. The lowest BCUT2D eigenvalue weighted by Crippen LogP contribution is -2.43. The lowest BCUT2D eigenvalue weighted by atomic mass is 9.88. The number of aromatic nitrogens is 2. The Morgan fingerprint density at radius 2 is 2.07 bits per heavy atom. The van der Waals surface area contributed by atoms with Crippen molar-refractivity contribution >= 4 is 23.2 Å². The molecule has 7 heteroatoms. The number of aldehydes is 1. The van der Waals surface area contributed by atoms with Crippen molar-refractivity contribution in [2.75, 3.05) is 0 Å². The van der Waals surface area contributed by atoms with Gasteiger partial charge in [0.05, 0.1) is 29.0 Å². The summed E-state index contributed by atoms with van der Waals surface area (Å²) in [5, 5.41) is 11.3. The van der Waals surface area contributed by atoms with Gasteiger partial charge in [0.1, 0.15) is 6.61 Å². The quantitative estimate of drug-likeness (QED) is 0.305. The normalized spacial score (nSPS) is 19.4. The monoisotopic (exact) mass is 372 g/mol. The SMILES string of the molecule is C#C[C@@]1(O)C(=O)OCc2c1cc1n(c2=O)Cc2c-1nc1ccccc1c2C=O. The van der Waals surface area contributed by atoms with Crippen LogP contribution in [0.1, 0.15) is 27.0 Å². The zero-order valence-electron chi connectivity index (χ0n) is 14.4. The van der Waals surface area contributed by atoms with Gasteiger partial charge in [-0.1, -0.05) is 24.1 Å². The van der Waals surface area contributed by atoms with Crippen LogP contribution in [0.4, 0.5) is 0 Å². The van der Waals surface area contributed by atoms with Crippen LogP contribution in [-0.2, 0) is 28.3 Å². The molecule has 0 radical (unpaired) electrons. The Hall–Kier alpha value is -3.76. The van der Waals surface area contributed by atoms with Crippen molar-refractivity contribution in [1.29, 1.82) is 0 Å². The number of benzene rings is 1. The van der Waals surface area contributed by atoms with E-state index in [2.05, 4.69) is 4.98 Å². The maximum absolute atomic E-state index is 13.1. The van der Waals surface area contributed by atoms with E-state index < -0.39 is 17.1 Å². The Morgan fingerprint density at radius 3 is 2.82 bits per heavy atom. The van der Waals surface area contributed by atoms with Crippen molar-refractivity contribution in [3.05, 3.63) is 62.9 Å². The Labute approximate surface area is 158 Å². The smallest absolute Gasteiger partial charge is 0.356 e. The molecule has 2 aliphatic rings. The predicted molar refractivity (Wildman–Crippen MR) is 98.5 cm³/mol. The van der Waals surface area contributed by atoms with E-state index in [1.54, 1.807) is 18.2 Å². The van der Waals surface area contributed by atoms with Gasteiger partial charge in [-0.2, -0.15) is 0 Å². The van der Waals surface area contributed by atoms with Crippen LogP contribution in [-0.4, -0.2) is 26.9 Å². The van der Waals surface area contributed by atoms with Crippen molar-refractivity contribution in [3.8, 4) is 23.7 Å². The average Bonchev–Trinajstić information content (AvgIpc) is 3.08. The van der Waals surface area contributed by atoms with Gasteiger partial charge in [-0.05, 0) is 12.1 Å². The van der Waals surface area contributed by atoms with Crippen LogP contribution in [0, 0.1) is 12.3 Å². The first-order valence-corrected chi connectivity index (χ1v) is 8.51. The van der Waals surface area contributed by atoms with Gasteiger partial charge < -0.3 is 14.4 Å². The van der Waals surface area contributed by atoms with Crippen LogP contribution in [0.25, 0.3) is 22.3 Å². The molecule has 0 aliphatic carbocycles. The number of carbonyl (C=O) groups excluding carboxylic acids is 2. The summed E-state index contributed by atoms with van der Waals surface area (Å²) in [6.45, 7) is -0.116. The fourth-order valence-corrected chi connectivity index (χ4v) is 3.94. The Balaban J connectivity index is 1.87. The van der Waals surface area contributed by atoms with Crippen molar-refractivity contribution < 1.29 is 19.4 Å². The van der Waals surface area contributed by atoms with Crippen LogP contribution < -0.4 is 5.56 Å². The molecular weight excluding hydrogens is 360 g/mol. The number of esters is 1. The molecule has 1 aromatic carbocycles. The van der Waals surface area contributed by atoms with Gasteiger partial charge in [0.15, 0.2) is 6.29 Å². The summed E-state index contributed by atoms with van der Waals surface area (Å²) in [7, 11) is 0.